The number of nitrogens with one attached hydrogen (secondary N) is 1. The first-order valence-corrected chi connectivity index (χ1v) is 6.46. The van der Waals surface area contributed by atoms with Crippen molar-refractivity contribution in [3.8, 4) is 0 Å². The lowest BCUT2D eigenvalue weighted by molar-refractivity contribution is 0.586. The summed E-state index contributed by atoms with van der Waals surface area (Å²) in [6, 6.07) is 0.357. The molecule has 1 atom stereocenters. The van der Waals surface area contributed by atoms with Crippen LogP contribution in [0.4, 0.5) is 5.13 Å². The van der Waals surface area contributed by atoms with Gasteiger partial charge in [0.05, 0.1) is 5.69 Å². The third kappa shape index (κ3) is 3.47. The second-order valence-electron chi connectivity index (χ2n) is 3.76. The monoisotopic (exact) mass is 227 g/mol. The zero-order valence-electron chi connectivity index (χ0n) is 10.1. The highest BCUT2D eigenvalue weighted by molar-refractivity contribution is 7.13. The molecule has 1 aromatic rings. The van der Waals surface area contributed by atoms with Crippen LogP contribution in [0.1, 0.15) is 38.9 Å². The highest BCUT2D eigenvalue weighted by Gasteiger charge is 2.10. The van der Waals surface area contributed by atoms with Gasteiger partial charge >= 0.3 is 0 Å². The molecule has 4 heteroatoms. The minimum Gasteiger partial charge on any atom is -0.351 e. The van der Waals surface area contributed by atoms with Crippen molar-refractivity contribution in [1.29, 1.82) is 0 Å². The molecule has 3 nitrogen and oxygen atoms in total. The van der Waals surface area contributed by atoms with E-state index in [1.165, 1.54) is 0 Å². The summed E-state index contributed by atoms with van der Waals surface area (Å²) in [7, 11) is 2.10. The van der Waals surface area contributed by atoms with E-state index in [0.29, 0.717) is 6.04 Å². The molecule has 0 aliphatic carbocycles. The zero-order chi connectivity index (χ0) is 11.3. The molecule has 0 saturated carbocycles. The molecular formula is C11H21N3S. The third-order valence-electron chi connectivity index (χ3n) is 2.35. The second-order valence-corrected chi connectivity index (χ2v) is 4.59. The predicted molar refractivity (Wildman–Crippen MR) is 67.8 cm³/mol. The molecule has 0 aliphatic rings. The molecule has 0 amide bonds. The fourth-order valence-electron chi connectivity index (χ4n) is 1.49. The van der Waals surface area contributed by atoms with Crippen LogP contribution in [-0.2, 0) is 0 Å². The maximum Gasteiger partial charge on any atom is 0.185 e. The summed E-state index contributed by atoms with van der Waals surface area (Å²) in [5, 5.41) is 6.64. The maximum absolute atomic E-state index is 4.63. The molecule has 0 fully saturated rings. The molecule has 0 aliphatic heterocycles. The second kappa shape index (κ2) is 6.08. The largest absolute Gasteiger partial charge is 0.351 e. The quantitative estimate of drug-likeness (QED) is 0.810. The van der Waals surface area contributed by atoms with Crippen LogP contribution in [0.2, 0.25) is 0 Å². The van der Waals surface area contributed by atoms with E-state index in [0.717, 1.165) is 30.3 Å². The first-order chi connectivity index (χ1) is 7.19. The Hall–Kier alpha value is -0.610. The molecule has 0 aromatic carbocycles. The van der Waals surface area contributed by atoms with E-state index in [9.17, 15) is 0 Å². The summed E-state index contributed by atoms with van der Waals surface area (Å²) in [5.74, 6) is 0. The molecule has 0 saturated heterocycles. The maximum atomic E-state index is 4.63. The minimum absolute atomic E-state index is 0.357. The smallest absolute Gasteiger partial charge is 0.185 e. The van der Waals surface area contributed by atoms with Gasteiger partial charge in [-0.05, 0) is 19.9 Å². The van der Waals surface area contributed by atoms with Crippen LogP contribution in [0.3, 0.4) is 0 Å². The van der Waals surface area contributed by atoms with Crippen molar-refractivity contribution < 1.29 is 0 Å². The summed E-state index contributed by atoms with van der Waals surface area (Å²) < 4.78 is 0. The van der Waals surface area contributed by atoms with Crippen LogP contribution in [0.15, 0.2) is 5.38 Å². The number of aromatic nitrogens is 1. The van der Waals surface area contributed by atoms with Gasteiger partial charge in [-0.2, -0.15) is 0 Å². The van der Waals surface area contributed by atoms with Crippen molar-refractivity contribution in [2.75, 3.05) is 25.0 Å². The molecule has 1 heterocycles. The van der Waals surface area contributed by atoms with Crippen LogP contribution in [0.25, 0.3) is 0 Å². The Morgan fingerprint density at radius 3 is 2.87 bits per heavy atom. The van der Waals surface area contributed by atoms with E-state index in [2.05, 4.69) is 48.4 Å². The molecule has 1 rings (SSSR count). The normalized spacial score (nSPS) is 12.8. The third-order valence-corrected chi connectivity index (χ3v) is 3.32. The molecule has 0 radical (unpaired) electrons. The molecule has 15 heavy (non-hydrogen) atoms. The highest BCUT2D eigenvalue weighted by Crippen LogP contribution is 2.23. The predicted octanol–water partition coefficient (Wildman–Crippen LogP) is 2.66. The molecular weight excluding hydrogens is 206 g/mol. The van der Waals surface area contributed by atoms with E-state index in [1.807, 2.05) is 0 Å². The number of nitrogens with zero attached hydrogens (tertiary/aromatic N) is 2. The zero-order valence-corrected chi connectivity index (χ0v) is 10.9. The van der Waals surface area contributed by atoms with Crippen LogP contribution in [0.5, 0.6) is 0 Å². The van der Waals surface area contributed by atoms with Crippen molar-refractivity contribution in [1.82, 2.24) is 10.3 Å². The van der Waals surface area contributed by atoms with Gasteiger partial charge in [0.2, 0.25) is 0 Å². The van der Waals surface area contributed by atoms with Gasteiger partial charge in [-0.1, -0.05) is 13.8 Å². The summed E-state index contributed by atoms with van der Waals surface area (Å²) in [5.41, 5.74) is 1.15. The van der Waals surface area contributed by atoms with Gasteiger partial charge in [-0.3, -0.25) is 0 Å². The van der Waals surface area contributed by atoms with Crippen molar-refractivity contribution >= 4 is 16.5 Å². The van der Waals surface area contributed by atoms with Gasteiger partial charge < -0.3 is 10.2 Å². The molecule has 1 N–H and O–H groups in total. The Labute approximate surface area is 96.5 Å². The summed E-state index contributed by atoms with van der Waals surface area (Å²) in [6.45, 7) is 8.52. The highest BCUT2D eigenvalue weighted by atomic mass is 32.1. The number of anilines is 1. The number of hydrogen-bond acceptors (Lipinski definition) is 4. The Bertz CT molecular complexity index is 259. The summed E-state index contributed by atoms with van der Waals surface area (Å²) in [4.78, 5) is 6.84. The Morgan fingerprint density at radius 2 is 2.27 bits per heavy atom. The summed E-state index contributed by atoms with van der Waals surface area (Å²) in [6.07, 6.45) is 1.16. The van der Waals surface area contributed by atoms with Crippen molar-refractivity contribution in [3.05, 3.63) is 11.1 Å². The van der Waals surface area contributed by atoms with Gasteiger partial charge in [0.15, 0.2) is 5.13 Å². The average molecular weight is 227 g/mol. The average Bonchev–Trinajstić information content (AvgIpc) is 2.67. The Balaban J connectivity index is 2.62. The van der Waals surface area contributed by atoms with E-state index >= 15 is 0 Å². The Kier molecular flexibility index (Phi) is 5.05. The SMILES string of the molecule is CCCN(C)c1nc(C(C)NCC)cs1. The van der Waals surface area contributed by atoms with Crippen LogP contribution in [-0.4, -0.2) is 25.1 Å². The molecule has 0 spiro atoms. The fourth-order valence-corrected chi connectivity index (χ4v) is 2.40. The van der Waals surface area contributed by atoms with E-state index < -0.39 is 0 Å². The number of thiazole rings is 1. The van der Waals surface area contributed by atoms with Gasteiger partial charge in [-0.15, -0.1) is 11.3 Å². The van der Waals surface area contributed by atoms with Crippen LogP contribution < -0.4 is 10.2 Å². The lowest BCUT2D eigenvalue weighted by atomic mass is 10.3. The Morgan fingerprint density at radius 1 is 1.53 bits per heavy atom. The van der Waals surface area contributed by atoms with Crippen molar-refractivity contribution in [2.24, 2.45) is 0 Å². The summed E-state index contributed by atoms with van der Waals surface area (Å²) >= 11 is 1.73. The van der Waals surface area contributed by atoms with Crippen molar-refractivity contribution in [2.45, 2.75) is 33.2 Å². The standard InChI is InChI=1S/C11H21N3S/c1-5-7-14(4)11-13-10(8-15-11)9(3)12-6-2/h8-9,12H,5-7H2,1-4H3. The van der Waals surface area contributed by atoms with E-state index in [-0.39, 0.29) is 0 Å². The fraction of sp³-hybridized carbons (Fsp3) is 0.727. The van der Waals surface area contributed by atoms with E-state index in [1.54, 1.807) is 11.3 Å². The van der Waals surface area contributed by atoms with Gasteiger partial charge in [-0.25, -0.2) is 4.98 Å². The van der Waals surface area contributed by atoms with E-state index in [4.69, 9.17) is 0 Å². The topological polar surface area (TPSA) is 28.2 Å². The first-order valence-electron chi connectivity index (χ1n) is 5.59. The minimum atomic E-state index is 0.357. The van der Waals surface area contributed by atoms with Gasteiger partial charge in [0.25, 0.3) is 0 Å². The molecule has 0 bridgehead atoms. The molecule has 1 aromatic heterocycles. The lowest BCUT2D eigenvalue weighted by Crippen LogP contribution is -2.20. The number of hydrogen-bond donors (Lipinski definition) is 1. The van der Waals surface area contributed by atoms with Crippen LogP contribution >= 0.6 is 11.3 Å². The first kappa shape index (κ1) is 12.5. The van der Waals surface area contributed by atoms with Gasteiger partial charge in [0.1, 0.15) is 0 Å². The van der Waals surface area contributed by atoms with Crippen LogP contribution in [0, 0.1) is 0 Å². The lowest BCUT2D eigenvalue weighted by Gasteiger charge is -2.14. The molecule has 86 valence electrons. The van der Waals surface area contributed by atoms with Gasteiger partial charge in [0, 0.05) is 25.0 Å². The number of rotatable bonds is 6. The van der Waals surface area contributed by atoms with Crippen molar-refractivity contribution in [3.63, 3.8) is 0 Å². The molecule has 1 unspecified atom stereocenters.